The van der Waals surface area contributed by atoms with Crippen LogP contribution in [-0.2, 0) is 0 Å². The molecule has 0 aliphatic heterocycles. The molecule has 2 aromatic carbocycles. The Kier molecular flexibility index (Phi) is 3.88. The van der Waals surface area contributed by atoms with E-state index in [1.54, 1.807) is 4.52 Å². The van der Waals surface area contributed by atoms with E-state index >= 15 is 0 Å². The van der Waals surface area contributed by atoms with Gasteiger partial charge in [0.15, 0.2) is 5.82 Å². The van der Waals surface area contributed by atoms with Gasteiger partial charge in [-0.05, 0) is 24.6 Å². The first kappa shape index (κ1) is 15.1. The standard InChI is InChI=1S/C18H13ClN4S/c1-12-6-8-14(9-7-12)17-20-21-18-23(17)22-16(24-18)11-10-13-4-2-3-5-15(13)19/h2-11H,1H3/b11-10+. The minimum Gasteiger partial charge on any atom is -0.182 e. The van der Waals surface area contributed by atoms with Gasteiger partial charge in [0.05, 0.1) is 0 Å². The highest BCUT2D eigenvalue weighted by Gasteiger charge is 2.12. The number of hydrogen-bond acceptors (Lipinski definition) is 4. The van der Waals surface area contributed by atoms with Crippen molar-refractivity contribution in [1.82, 2.24) is 19.8 Å². The lowest BCUT2D eigenvalue weighted by Gasteiger charge is -1.97. The van der Waals surface area contributed by atoms with Crippen LogP contribution in [0.3, 0.4) is 0 Å². The normalized spacial score (nSPS) is 11.6. The molecule has 0 bridgehead atoms. The van der Waals surface area contributed by atoms with Crippen LogP contribution in [0.15, 0.2) is 48.5 Å². The maximum absolute atomic E-state index is 6.17. The first-order chi connectivity index (χ1) is 11.7. The fourth-order valence-corrected chi connectivity index (χ4v) is 3.29. The third-order valence-electron chi connectivity index (χ3n) is 3.63. The Balaban J connectivity index is 1.69. The third kappa shape index (κ3) is 2.84. The summed E-state index contributed by atoms with van der Waals surface area (Å²) in [6.45, 7) is 2.06. The maximum Gasteiger partial charge on any atom is 0.235 e. The number of hydrogen-bond donors (Lipinski definition) is 0. The Hall–Kier alpha value is -2.50. The Labute approximate surface area is 148 Å². The van der Waals surface area contributed by atoms with Crippen molar-refractivity contribution in [3.05, 3.63) is 69.7 Å². The number of halogens is 1. The molecule has 2 aromatic heterocycles. The summed E-state index contributed by atoms with van der Waals surface area (Å²) in [5, 5.41) is 14.6. The number of fused-ring (bicyclic) bond motifs is 1. The Morgan fingerprint density at radius 2 is 1.79 bits per heavy atom. The molecule has 4 rings (SSSR count). The smallest absolute Gasteiger partial charge is 0.182 e. The second-order valence-electron chi connectivity index (χ2n) is 5.38. The van der Waals surface area contributed by atoms with Gasteiger partial charge in [-0.3, -0.25) is 0 Å². The summed E-state index contributed by atoms with van der Waals surface area (Å²) in [7, 11) is 0. The number of nitrogens with zero attached hydrogens (tertiary/aromatic N) is 4. The van der Waals surface area contributed by atoms with E-state index in [4.69, 9.17) is 11.6 Å². The molecule has 0 saturated heterocycles. The van der Waals surface area contributed by atoms with Crippen molar-refractivity contribution < 1.29 is 0 Å². The molecular formula is C18H13ClN4S. The van der Waals surface area contributed by atoms with Crippen LogP contribution in [0, 0.1) is 6.92 Å². The quantitative estimate of drug-likeness (QED) is 0.522. The molecule has 6 heteroatoms. The van der Waals surface area contributed by atoms with Crippen LogP contribution in [0.4, 0.5) is 0 Å². The van der Waals surface area contributed by atoms with Gasteiger partial charge >= 0.3 is 0 Å². The van der Waals surface area contributed by atoms with Gasteiger partial charge in [0.2, 0.25) is 4.96 Å². The minimum absolute atomic E-state index is 0.720. The molecule has 0 unspecified atom stereocenters. The molecule has 0 N–H and O–H groups in total. The molecule has 0 saturated carbocycles. The molecule has 0 fully saturated rings. The number of benzene rings is 2. The zero-order valence-electron chi connectivity index (χ0n) is 12.8. The highest BCUT2D eigenvalue weighted by atomic mass is 35.5. The molecular weight excluding hydrogens is 340 g/mol. The highest BCUT2D eigenvalue weighted by molar-refractivity contribution is 7.17. The van der Waals surface area contributed by atoms with Crippen LogP contribution in [-0.4, -0.2) is 19.8 Å². The Bertz CT molecular complexity index is 1030. The van der Waals surface area contributed by atoms with E-state index in [9.17, 15) is 0 Å². The predicted molar refractivity (Wildman–Crippen MR) is 99.2 cm³/mol. The van der Waals surface area contributed by atoms with Gasteiger partial charge < -0.3 is 0 Å². The SMILES string of the molecule is Cc1ccc(-c2nnc3sc(/C=C/c4ccccc4Cl)nn23)cc1. The molecule has 0 spiro atoms. The summed E-state index contributed by atoms with van der Waals surface area (Å²) in [6, 6.07) is 15.9. The predicted octanol–water partition coefficient (Wildman–Crippen LogP) is 4.99. The second-order valence-corrected chi connectivity index (χ2v) is 6.77. The molecule has 4 aromatic rings. The van der Waals surface area contributed by atoms with E-state index in [0.717, 1.165) is 31.9 Å². The van der Waals surface area contributed by atoms with Crippen molar-refractivity contribution in [1.29, 1.82) is 0 Å². The van der Waals surface area contributed by atoms with Crippen LogP contribution >= 0.6 is 22.9 Å². The van der Waals surface area contributed by atoms with Crippen molar-refractivity contribution in [2.45, 2.75) is 6.92 Å². The zero-order chi connectivity index (χ0) is 16.5. The van der Waals surface area contributed by atoms with E-state index in [1.165, 1.54) is 16.9 Å². The summed E-state index contributed by atoms with van der Waals surface area (Å²) < 4.78 is 1.78. The molecule has 118 valence electrons. The molecule has 24 heavy (non-hydrogen) atoms. The number of aromatic nitrogens is 4. The minimum atomic E-state index is 0.720. The van der Waals surface area contributed by atoms with Gasteiger partial charge in [-0.2, -0.15) is 9.61 Å². The first-order valence-corrected chi connectivity index (χ1v) is 8.62. The molecule has 0 aliphatic rings. The van der Waals surface area contributed by atoms with E-state index in [0.29, 0.717) is 0 Å². The van der Waals surface area contributed by atoms with E-state index in [2.05, 4.69) is 34.4 Å². The molecule has 0 atom stereocenters. The van der Waals surface area contributed by atoms with Gasteiger partial charge in [-0.25, -0.2) is 0 Å². The van der Waals surface area contributed by atoms with Crippen molar-refractivity contribution in [2.75, 3.05) is 0 Å². The molecule has 0 radical (unpaired) electrons. The molecule has 2 heterocycles. The summed E-state index contributed by atoms with van der Waals surface area (Å²) in [5.41, 5.74) is 3.17. The third-order valence-corrected chi connectivity index (χ3v) is 4.84. The Morgan fingerprint density at radius 3 is 2.58 bits per heavy atom. The van der Waals surface area contributed by atoms with Gasteiger partial charge in [-0.15, -0.1) is 10.2 Å². The molecule has 0 amide bonds. The van der Waals surface area contributed by atoms with Crippen molar-refractivity contribution in [3.63, 3.8) is 0 Å². The van der Waals surface area contributed by atoms with Crippen LogP contribution in [0.2, 0.25) is 5.02 Å². The van der Waals surface area contributed by atoms with Crippen LogP contribution < -0.4 is 0 Å². The van der Waals surface area contributed by atoms with Crippen LogP contribution in [0.25, 0.3) is 28.5 Å². The Morgan fingerprint density at radius 1 is 1.00 bits per heavy atom. The lowest BCUT2D eigenvalue weighted by atomic mass is 10.1. The van der Waals surface area contributed by atoms with Gasteiger partial charge in [0.25, 0.3) is 0 Å². The lowest BCUT2D eigenvalue weighted by molar-refractivity contribution is 0.959. The number of aryl methyl sites for hydroxylation is 1. The average Bonchev–Trinajstić information content (AvgIpc) is 3.15. The second kappa shape index (κ2) is 6.19. The van der Waals surface area contributed by atoms with E-state index in [1.807, 2.05) is 48.6 Å². The van der Waals surface area contributed by atoms with Crippen molar-refractivity contribution >= 4 is 40.1 Å². The van der Waals surface area contributed by atoms with Crippen molar-refractivity contribution in [3.8, 4) is 11.4 Å². The number of rotatable bonds is 3. The zero-order valence-corrected chi connectivity index (χ0v) is 14.4. The van der Waals surface area contributed by atoms with Crippen molar-refractivity contribution in [2.24, 2.45) is 0 Å². The van der Waals surface area contributed by atoms with Gasteiger partial charge in [0.1, 0.15) is 5.01 Å². The van der Waals surface area contributed by atoms with Gasteiger partial charge in [0, 0.05) is 10.6 Å². The summed E-state index contributed by atoms with van der Waals surface area (Å²) in [4.78, 5) is 0.768. The van der Waals surface area contributed by atoms with E-state index < -0.39 is 0 Å². The summed E-state index contributed by atoms with van der Waals surface area (Å²) >= 11 is 7.66. The highest BCUT2D eigenvalue weighted by Crippen LogP contribution is 2.24. The molecule has 4 nitrogen and oxygen atoms in total. The molecule has 0 aliphatic carbocycles. The monoisotopic (exact) mass is 352 g/mol. The average molecular weight is 353 g/mol. The maximum atomic E-state index is 6.17. The fourth-order valence-electron chi connectivity index (χ4n) is 2.35. The fraction of sp³-hybridized carbons (Fsp3) is 0.0556. The largest absolute Gasteiger partial charge is 0.235 e. The summed E-state index contributed by atoms with van der Waals surface area (Å²) in [6.07, 6.45) is 3.90. The lowest BCUT2D eigenvalue weighted by Crippen LogP contribution is -1.90. The van der Waals surface area contributed by atoms with Crippen LogP contribution in [0.1, 0.15) is 16.1 Å². The topological polar surface area (TPSA) is 43.1 Å². The van der Waals surface area contributed by atoms with E-state index in [-0.39, 0.29) is 0 Å². The van der Waals surface area contributed by atoms with Crippen LogP contribution in [0.5, 0.6) is 0 Å². The van der Waals surface area contributed by atoms with Gasteiger partial charge in [-0.1, -0.05) is 77.0 Å². The first-order valence-electron chi connectivity index (χ1n) is 7.42. The summed E-state index contributed by atoms with van der Waals surface area (Å²) in [5.74, 6) is 0.749.